The standard InChI is InChI=1S/C21H21N5O3/c27-20(24-14-16-5-7-22-8-6-16)18-4-3-17(15-23-18)25-9-11-26(12-10-25)21(28)19-2-1-13-29-19/h1-8,13,15H,9-12,14H2,(H,24,27). The molecule has 3 aromatic rings. The number of nitrogens with one attached hydrogen (secondary N) is 1. The molecule has 1 N–H and O–H groups in total. The summed E-state index contributed by atoms with van der Waals surface area (Å²) in [5, 5.41) is 2.85. The lowest BCUT2D eigenvalue weighted by Gasteiger charge is -2.35. The largest absolute Gasteiger partial charge is 0.459 e. The third-order valence-corrected chi connectivity index (χ3v) is 4.85. The van der Waals surface area contributed by atoms with E-state index in [-0.39, 0.29) is 11.8 Å². The fraction of sp³-hybridized carbons (Fsp3) is 0.238. The number of piperazine rings is 1. The van der Waals surface area contributed by atoms with Crippen LogP contribution in [-0.2, 0) is 6.54 Å². The first-order valence-electron chi connectivity index (χ1n) is 9.41. The van der Waals surface area contributed by atoms with Gasteiger partial charge in [-0.05, 0) is 42.0 Å². The minimum Gasteiger partial charge on any atom is -0.459 e. The molecular formula is C21H21N5O3. The molecule has 1 aliphatic heterocycles. The topological polar surface area (TPSA) is 91.6 Å². The number of hydrogen-bond donors (Lipinski definition) is 1. The Hall–Kier alpha value is -3.68. The maximum atomic E-state index is 12.3. The molecule has 29 heavy (non-hydrogen) atoms. The number of carbonyl (C=O) groups is 2. The minimum atomic E-state index is -0.220. The summed E-state index contributed by atoms with van der Waals surface area (Å²) in [4.78, 5) is 36.8. The van der Waals surface area contributed by atoms with E-state index in [1.807, 2.05) is 18.2 Å². The molecule has 0 unspecified atom stereocenters. The van der Waals surface area contributed by atoms with E-state index in [1.54, 1.807) is 41.7 Å². The zero-order valence-electron chi connectivity index (χ0n) is 15.8. The van der Waals surface area contributed by atoms with Gasteiger partial charge in [-0.2, -0.15) is 0 Å². The highest BCUT2D eigenvalue weighted by atomic mass is 16.3. The molecule has 4 rings (SSSR count). The summed E-state index contributed by atoms with van der Waals surface area (Å²) in [6, 6.07) is 10.7. The van der Waals surface area contributed by atoms with Gasteiger partial charge >= 0.3 is 0 Å². The molecule has 3 aromatic heterocycles. The van der Waals surface area contributed by atoms with Crippen LogP contribution in [0.4, 0.5) is 5.69 Å². The Bertz CT molecular complexity index is 950. The van der Waals surface area contributed by atoms with Crippen molar-refractivity contribution in [2.24, 2.45) is 0 Å². The molecule has 1 saturated heterocycles. The van der Waals surface area contributed by atoms with Crippen LogP contribution in [0.15, 0.2) is 65.7 Å². The van der Waals surface area contributed by atoms with Gasteiger partial charge in [-0.1, -0.05) is 0 Å². The van der Waals surface area contributed by atoms with Gasteiger partial charge in [-0.25, -0.2) is 4.98 Å². The molecule has 1 fully saturated rings. The molecule has 148 valence electrons. The average molecular weight is 391 g/mol. The number of carbonyl (C=O) groups excluding carboxylic acids is 2. The van der Waals surface area contributed by atoms with Crippen molar-refractivity contribution >= 4 is 17.5 Å². The number of anilines is 1. The quantitative estimate of drug-likeness (QED) is 0.715. The summed E-state index contributed by atoms with van der Waals surface area (Å²) < 4.78 is 5.19. The second-order valence-electron chi connectivity index (χ2n) is 6.70. The van der Waals surface area contributed by atoms with Crippen molar-refractivity contribution in [3.05, 3.63) is 78.3 Å². The highest BCUT2D eigenvalue weighted by molar-refractivity contribution is 5.92. The molecule has 8 nitrogen and oxygen atoms in total. The Kier molecular flexibility index (Phi) is 5.51. The first kappa shape index (κ1) is 18.7. The highest BCUT2D eigenvalue weighted by Crippen LogP contribution is 2.17. The molecular weight excluding hydrogens is 370 g/mol. The zero-order valence-corrected chi connectivity index (χ0v) is 15.8. The van der Waals surface area contributed by atoms with Crippen molar-refractivity contribution in [1.29, 1.82) is 0 Å². The predicted octanol–water partition coefficient (Wildman–Crippen LogP) is 1.96. The summed E-state index contributed by atoms with van der Waals surface area (Å²) in [7, 11) is 0. The molecule has 0 radical (unpaired) electrons. The van der Waals surface area contributed by atoms with E-state index in [4.69, 9.17) is 4.42 Å². The Morgan fingerprint density at radius 1 is 1.03 bits per heavy atom. The maximum absolute atomic E-state index is 12.3. The van der Waals surface area contributed by atoms with Gasteiger partial charge in [-0.15, -0.1) is 0 Å². The van der Waals surface area contributed by atoms with Crippen LogP contribution in [0.25, 0.3) is 0 Å². The Morgan fingerprint density at radius 3 is 2.48 bits per heavy atom. The van der Waals surface area contributed by atoms with E-state index < -0.39 is 0 Å². The predicted molar refractivity (Wildman–Crippen MR) is 106 cm³/mol. The second kappa shape index (κ2) is 8.55. The van der Waals surface area contributed by atoms with Crippen molar-refractivity contribution in [2.45, 2.75) is 6.54 Å². The van der Waals surface area contributed by atoms with Gasteiger partial charge in [-0.3, -0.25) is 14.6 Å². The molecule has 0 aromatic carbocycles. The molecule has 0 aliphatic carbocycles. The van der Waals surface area contributed by atoms with E-state index >= 15 is 0 Å². The lowest BCUT2D eigenvalue weighted by Crippen LogP contribution is -2.48. The number of rotatable bonds is 5. The molecule has 2 amide bonds. The summed E-state index contributed by atoms with van der Waals surface area (Å²) >= 11 is 0. The van der Waals surface area contributed by atoms with Crippen LogP contribution in [0, 0.1) is 0 Å². The number of aromatic nitrogens is 2. The summed E-state index contributed by atoms with van der Waals surface area (Å²) in [6.45, 7) is 3.03. The first-order chi connectivity index (χ1) is 14.2. The fourth-order valence-corrected chi connectivity index (χ4v) is 3.20. The SMILES string of the molecule is O=C(NCc1ccncc1)c1ccc(N2CCN(C(=O)c3ccco3)CC2)cn1. The van der Waals surface area contributed by atoms with E-state index in [2.05, 4.69) is 20.2 Å². The van der Waals surface area contributed by atoms with Crippen molar-refractivity contribution in [3.8, 4) is 0 Å². The van der Waals surface area contributed by atoms with Crippen LogP contribution in [0.3, 0.4) is 0 Å². The first-order valence-corrected chi connectivity index (χ1v) is 9.41. The highest BCUT2D eigenvalue weighted by Gasteiger charge is 2.24. The number of hydrogen-bond acceptors (Lipinski definition) is 6. The van der Waals surface area contributed by atoms with Crippen molar-refractivity contribution in [3.63, 3.8) is 0 Å². The second-order valence-corrected chi connectivity index (χ2v) is 6.70. The van der Waals surface area contributed by atoms with Gasteiger partial charge < -0.3 is 19.5 Å². The van der Waals surface area contributed by atoms with Gasteiger partial charge in [0.15, 0.2) is 5.76 Å². The van der Waals surface area contributed by atoms with Crippen molar-refractivity contribution in [2.75, 3.05) is 31.1 Å². The summed E-state index contributed by atoms with van der Waals surface area (Å²) in [6.07, 6.45) is 6.59. The van der Waals surface area contributed by atoms with Gasteiger partial charge in [0, 0.05) is 45.1 Å². The fourth-order valence-electron chi connectivity index (χ4n) is 3.20. The van der Waals surface area contributed by atoms with E-state index in [0.29, 0.717) is 44.2 Å². The summed E-state index contributed by atoms with van der Waals surface area (Å²) in [5.74, 6) is 0.0541. The van der Waals surface area contributed by atoms with Gasteiger partial charge in [0.1, 0.15) is 5.69 Å². The van der Waals surface area contributed by atoms with Crippen LogP contribution >= 0.6 is 0 Å². The summed E-state index contributed by atoms with van der Waals surface area (Å²) in [5.41, 5.74) is 2.28. The molecule has 0 bridgehead atoms. The molecule has 0 atom stereocenters. The van der Waals surface area contributed by atoms with Crippen molar-refractivity contribution in [1.82, 2.24) is 20.2 Å². The Balaban J connectivity index is 1.30. The van der Waals surface area contributed by atoms with Crippen LogP contribution in [0.1, 0.15) is 26.6 Å². The zero-order chi connectivity index (χ0) is 20.1. The molecule has 0 spiro atoms. The van der Waals surface area contributed by atoms with E-state index in [1.165, 1.54) is 6.26 Å². The smallest absolute Gasteiger partial charge is 0.289 e. The number of nitrogens with zero attached hydrogens (tertiary/aromatic N) is 4. The van der Waals surface area contributed by atoms with Crippen molar-refractivity contribution < 1.29 is 14.0 Å². The third-order valence-electron chi connectivity index (χ3n) is 4.85. The normalized spacial score (nSPS) is 13.9. The Labute approximate surface area is 168 Å². The molecule has 4 heterocycles. The number of furan rings is 1. The lowest BCUT2D eigenvalue weighted by molar-refractivity contribution is 0.0714. The molecule has 1 aliphatic rings. The maximum Gasteiger partial charge on any atom is 0.289 e. The number of amides is 2. The van der Waals surface area contributed by atoms with Crippen LogP contribution in [0.2, 0.25) is 0 Å². The van der Waals surface area contributed by atoms with Crippen LogP contribution in [0.5, 0.6) is 0 Å². The number of pyridine rings is 2. The lowest BCUT2D eigenvalue weighted by atomic mass is 10.2. The van der Waals surface area contributed by atoms with E-state index in [9.17, 15) is 9.59 Å². The Morgan fingerprint density at radius 2 is 1.83 bits per heavy atom. The van der Waals surface area contributed by atoms with Crippen LogP contribution < -0.4 is 10.2 Å². The molecule has 0 saturated carbocycles. The molecule has 8 heteroatoms. The third kappa shape index (κ3) is 4.43. The average Bonchev–Trinajstić information content (AvgIpc) is 3.33. The van der Waals surface area contributed by atoms with E-state index in [0.717, 1.165) is 11.3 Å². The minimum absolute atomic E-state index is 0.0889. The van der Waals surface area contributed by atoms with Gasteiger partial charge in [0.25, 0.3) is 11.8 Å². The van der Waals surface area contributed by atoms with Crippen LogP contribution in [-0.4, -0.2) is 52.9 Å². The van der Waals surface area contributed by atoms with Gasteiger partial charge in [0.05, 0.1) is 18.1 Å². The van der Waals surface area contributed by atoms with Gasteiger partial charge in [0.2, 0.25) is 0 Å². The monoisotopic (exact) mass is 391 g/mol.